The molecule has 0 heterocycles. The summed E-state index contributed by atoms with van der Waals surface area (Å²) in [5.41, 5.74) is 1.27. The Morgan fingerprint density at radius 1 is 0.850 bits per heavy atom. The standard InChI is InChI=1S/C19H31F/c1-15(2)8-6-5-7-9-18(16(3)4)14-17-10-12-19(20)13-11-17/h10-13,15-16,18H,5-9,14H2,1-4H3. The Hall–Kier alpha value is -0.850. The highest BCUT2D eigenvalue weighted by Gasteiger charge is 2.13. The lowest BCUT2D eigenvalue weighted by atomic mass is 9.85. The van der Waals surface area contributed by atoms with E-state index < -0.39 is 0 Å². The minimum Gasteiger partial charge on any atom is -0.207 e. The van der Waals surface area contributed by atoms with Crippen LogP contribution in [0.15, 0.2) is 24.3 Å². The van der Waals surface area contributed by atoms with Crippen LogP contribution >= 0.6 is 0 Å². The molecule has 0 nitrogen and oxygen atoms in total. The van der Waals surface area contributed by atoms with Crippen molar-refractivity contribution in [2.45, 2.75) is 66.2 Å². The molecular weight excluding hydrogens is 247 g/mol. The molecule has 1 aromatic carbocycles. The van der Waals surface area contributed by atoms with E-state index in [-0.39, 0.29) is 5.82 Å². The van der Waals surface area contributed by atoms with E-state index in [0.29, 0.717) is 5.92 Å². The molecule has 0 saturated heterocycles. The average molecular weight is 278 g/mol. The third-order valence-corrected chi connectivity index (χ3v) is 4.21. The molecular formula is C19H31F. The molecule has 1 heteroatoms. The van der Waals surface area contributed by atoms with Gasteiger partial charge in [0.15, 0.2) is 0 Å². The zero-order valence-electron chi connectivity index (χ0n) is 13.7. The van der Waals surface area contributed by atoms with Crippen LogP contribution in [-0.2, 0) is 6.42 Å². The molecule has 0 spiro atoms. The molecule has 0 saturated carbocycles. The van der Waals surface area contributed by atoms with Gasteiger partial charge in [-0.25, -0.2) is 4.39 Å². The molecule has 1 rings (SSSR count). The van der Waals surface area contributed by atoms with Crippen molar-refractivity contribution in [1.82, 2.24) is 0 Å². The fourth-order valence-corrected chi connectivity index (χ4v) is 2.73. The summed E-state index contributed by atoms with van der Waals surface area (Å²) in [5, 5.41) is 0. The normalized spacial score (nSPS) is 13.2. The maximum atomic E-state index is 12.9. The molecule has 0 bridgehead atoms. The molecule has 0 aliphatic heterocycles. The van der Waals surface area contributed by atoms with E-state index in [0.717, 1.165) is 18.3 Å². The smallest absolute Gasteiger partial charge is 0.123 e. The topological polar surface area (TPSA) is 0 Å². The molecule has 0 fully saturated rings. The van der Waals surface area contributed by atoms with Gasteiger partial charge in [-0.05, 0) is 48.3 Å². The number of halogens is 1. The average Bonchev–Trinajstić information content (AvgIpc) is 2.38. The van der Waals surface area contributed by atoms with Gasteiger partial charge in [-0.1, -0.05) is 65.5 Å². The van der Waals surface area contributed by atoms with Crippen LogP contribution in [0.2, 0.25) is 0 Å². The first-order valence-electron chi connectivity index (χ1n) is 8.23. The van der Waals surface area contributed by atoms with E-state index in [9.17, 15) is 4.39 Å². The van der Waals surface area contributed by atoms with Gasteiger partial charge in [0.1, 0.15) is 5.82 Å². The van der Waals surface area contributed by atoms with Gasteiger partial charge in [0, 0.05) is 0 Å². The van der Waals surface area contributed by atoms with Crippen molar-refractivity contribution in [2.75, 3.05) is 0 Å². The molecule has 0 aromatic heterocycles. The Kier molecular flexibility index (Phi) is 7.87. The molecule has 1 atom stereocenters. The highest BCUT2D eigenvalue weighted by atomic mass is 19.1. The summed E-state index contributed by atoms with van der Waals surface area (Å²) in [7, 11) is 0. The van der Waals surface area contributed by atoms with E-state index in [1.165, 1.54) is 37.7 Å². The highest BCUT2D eigenvalue weighted by Crippen LogP contribution is 2.24. The zero-order valence-corrected chi connectivity index (χ0v) is 13.7. The summed E-state index contributed by atoms with van der Waals surface area (Å²) >= 11 is 0. The predicted octanol–water partition coefficient (Wildman–Crippen LogP) is 6.25. The van der Waals surface area contributed by atoms with Crippen LogP contribution in [0, 0.1) is 23.6 Å². The Balaban J connectivity index is 2.35. The van der Waals surface area contributed by atoms with Crippen LogP contribution in [-0.4, -0.2) is 0 Å². The molecule has 0 aliphatic rings. The van der Waals surface area contributed by atoms with Crippen molar-refractivity contribution < 1.29 is 4.39 Å². The summed E-state index contributed by atoms with van der Waals surface area (Å²) in [5.74, 6) is 2.11. The zero-order chi connectivity index (χ0) is 15.0. The SMILES string of the molecule is CC(C)CCCCCC(Cc1ccc(F)cc1)C(C)C. The summed E-state index contributed by atoms with van der Waals surface area (Å²) in [6.45, 7) is 9.21. The predicted molar refractivity (Wildman–Crippen MR) is 86.4 cm³/mol. The molecule has 0 amide bonds. The number of hydrogen-bond acceptors (Lipinski definition) is 0. The van der Waals surface area contributed by atoms with Crippen molar-refractivity contribution in [1.29, 1.82) is 0 Å². The van der Waals surface area contributed by atoms with E-state index in [1.54, 1.807) is 12.1 Å². The van der Waals surface area contributed by atoms with Gasteiger partial charge in [0.25, 0.3) is 0 Å². The fourth-order valence-electron chi connectivity index (χ4n) is 2.73. The first-order valence-corrected chi connectivity index (χ1v) is 8.23. The molecule has 1 unspecified atom stereocenters. The van der Waals surface area contributed by atoms with E-state index in [4.69, 9.17) is 0 Å². The van der Waals surface area contributed by atoms with Crippen LogP contribution in [0.3, 0.4) is 0 Å². The minimum absolute atomic E-state index is 0.136. The van der Waals surface area contributed by atoms with Crippen molar-refractivity contribution in [3.63, 3.8) is 0 Å². The number of unbranched alkanes of at least 4 members (excludes halogenated alkanes) is 2. The summed E-state index contributed by atoms with van der Waals surface area (Å²) in [6.07, 6.45) is 7.78. The van der Waals surface area contributed by atoms with Gasteiger partial charge in [0.2, 0.25) is 0 Å². The maximum Gasteiger partial charge on any atom is 0.123 e. The van der Waals surface area contributed by atoms with Crippen LogP contribution < -0.4 is 0 Å². The largest absolute Gasteiger partial charge is 0.207 e. The lowest BCUT2D eigenvalue weighted by molar-refractivity contribution is 0.341. The third-order valence-electron chi connectivity index (χ3n) is 4.21. The lowest BCUT2D eigenvalue weighted by Gasteiger charge is -2.21. The minimum atomic E-state index is -0.136. The van der Waals surface area contributed by atoms with Gasteiger partial charge < -0.3 is 0 Å². The Morgan fingerprint density at radius 2 is 1.45 bits per heavy atom. The molecule has 114 valence electrons. The second kappa shape index (κ2) is 9.15. The van der Waals surface area contributed by atoms with E-state index >= 15 is 0 Å². The maximum absolute atomic E-state index is 12.9. The first-order chi connectivity index (χ1) is 9.49. The second-order valence-electron chi connectivity index (χ2n) is 6.87. The second-order valence-corrected chi connectivity index (χ2v) is 6.87. The Bertz CT molecular complexity index is 351. The van der Waals surface area contributed by atoms with Gasteiger partial charge in [0.05, 0.1) is 0 Å². The van der Waals surface area contributed by atoms with Crippen molar-refractivity contribution in [3.05, 3.63) is 35.6 Å². The number of benzene rings is 1. The van der Waals surface area contributed by atoms with Gasteiger partial charge >= 0.3 is 0 Å². The van der Waals surface area contributed by atoms with Crippen LogP contribution in [0.5, 0.6) is 0 Å². The van der Waals surface area contributed by atoms with Crippen molar-refractivity contribution in [3.8, 4) is 0 Å². The molecule has 20 heavy (non-hydrogen) atoms. The van der Waals surface area contributed by atoms with Crippen LogP contribution in [0.1, 0.15) is 65.4 Å². The fraction of sp³-hybridized carbons (Fsp3) is 0.684. The van der Waals surface area contributed by atoms with E-state index in [1.807, 2.05) is 12.1 Å². The van der Waals surface area contributed by atoms with Gasteiger partial charge in [-0.2, -0.15) is 0 Å². The Labute approximate surface area is 124 Å². The number of rotatable bonds is 9. The monoisotopic (exact) mass is 278 g/mol. The highest BCUT2D eigenvalue weighted by molar-refractivity contribution is 5.16. The molecule has 0 radical (unpaired) electrons. The Morgan fingerprint density at radius 3 is 2.00 bits per heavy atom. The van der Waals surface area contributed by atoms with Gasteiger partial charge in [-0.3, -0.25) is 0 Å². The molecule has 0 N–H and O–H groups in total. The van der Waals surface area contributed by atoms with Crippen molar-refractivity contribution in [2.24, 2.45) is 17.8 Å². The quantitative estimate of drug-likeness (QED) is 0.468. The lowest BCUT2D eigenvalue weighted by Crippen LogP contribution is -2.12. The van der Waals surface area contributed by atoms with Crippen molar-refractivity contribution >= 4 is 0 Å². The number of hydrogen-bond donors (Lipinski definition) is 0. The van der Waals surface area contributed by atoms with Crippen LogP contribution in [0.25, 0.3) is 0 Å². The first kappa shape index (κ1) is 17.2. The summed E-state index contributed by atoms with van der Waals surface area (Å²) in [4.78, 5) is 0. The van der Waals surface area contributed by atoms with E-state index in [2.05, 4.69) is 27.7 Å². The molecule has 0 aliphatic carbocycles. The molecule has 1 aromatic rings. The van der Waals surface area contributed by atoms with Gasteiger partial charge in [-0.15, -0.1) is 0 Å². The summed E-state index contributed by atoms with van der Waals surface area (Å²) < 4.78 is 12.9. The van der Waals surface area contributed by atoms with Crippen LogP contribution in [0.4, 0.5) is 4.39 Å². The third kappa shape index (κ3) is 7.07. The summed E-state index contributed by atoms with van der Waals surface area (Å²) in [6, 6.07) is 7.03.